The van der Waals surface area contributed by atoms with E-state index >= 15 is 0 Å². The molecule has 2 heterocycles. The summed E-state index contributed by atoms with van der Waals surface area (Å²) in [7, 11) is 3.41. The number of carbonyl (C=O) groups excluding carboxylic acids is 2. The van der Waals surface area contributed by atoms with Gasteiger partial charge in [-0.05, 0) is 79.1 Å². The van der Waals surface area contributed by atoms with Crippen LogP contribution in [0.15, 0.2) is 65.1 Å². The molecule has 1 saturated heterocycles. The summed E-state index contributed by atoms with van der Waals surface area (Å²) in [6, 6.07) is 17.3. The Morgan fingerprint density at radius 2 is 1.73 bits per heavy atom. The van der Waals surface area contributed by atoms with E-state index in [1.807, 2.05) is 50.4 Å². The van der Waals surface area contributed by atoms with Gasteiger partial charge in [0, 0.05) is 56.3 Å². The Hall–Kier alpha value is -4.01. The zero-order chi connectivity index (χ0) is 28.4. The average molecular weight is 544 g/mol. The third kappa shape index (κ3) is 5.50. The van der Waals surface area contributed by atoms with Crippen LogP contribution < -0.4 is 5.32 Å². The van der Waals surface area contributed by atoms with E-state index in [1.165, 1.54) is 12.1 Å². The largest absolute Gasteiger partial charge is 0.455 e. The Morgan fingerprint density at radius 3 is 2.42 bits per heavy atom. The van der Waals surface area contributed by atoms with Gasteiger partial charge in [-0.1, -0.05) is 12.1 Å². The van der Waals surface area contributed by atoms with E-state index in [-0.39, 0.29) is 23.7 Å². The van der Waals surface area contributed by atoms with Crippen molar-refractivity contribution in [2.75, 3.05) is 46.9 Å². The van der Waals surface area contributed by atoms with Crippen molar-refractivity contribution in [2.24, 2.45) is 0 Å². The fraction of sp³-hybridized carbons (Fsp3) is 0.312. The maximum absolute atomic E-state index is 13.6. The molecule has 1 unspecified atom stereocenters. The zero-order valence-electron chi connectivity index (χ0n) is 23.3. The number of aryl methyl sites for hydroxylation is 1. The highest BCUT2D eigenvalue weighted by Crippen LogP contribution is 2.37. The SMILES string of the molecule is CNC(=O)c1c(-c2ccc(F)cc2)oc2ccc(-c3cc(C(=O)N(C)C(C)CN4CCOCC4)ccc3C)cc12. The predicted octanol–water partition coefficient (Wildman–Crippen LogP) is 5.37. The van der Waals surface area contributed by atoms with Crippen molar-refractivity contribution in [2.45, 2.75) is 19.9 Å². The second kappa shape index (κ2) is 11.6. The van der Waals surface area contributed by atoms with Gasteiger partial charge in [0.15, 0.2) is 0 Å². The maximum atomic E-state index is 13.6. The van der Waals surface area contributed by atoms with Crippen molar-refractivity contribution in [1.29, 1.82) is 0 Å². The summed E-state index contributed by atoms with van der Waals surface area (Å²) in [4.78, 5) is 30.6. The second-order valence-corrected chi connectivity index (χ2v) is 10.3. The molecule has 0 bridgehead atoms. The van der Waals surface area contributed by atoms with E-state index < -0.39 is 0 Å². The first-order chi connectivity index (χ1) is 19.3. The van der Waals surface area contributed by atoms with Gasteiger partial charge in [-0.15, -0.1) is 0 Å². The Labute approximate surface area is 233 Å². The normalized spacial score (nSPS) is 14.7. The predicted molar refractivity (Wildman–Crippen MR) is 154 cm³/mol. The van der Waals surface area contributed by atoms with Crippen molar-refractivity contribution in [1.82, 2.24) is 15.1 Å². The van der Waals surface area contributed by atoms with Crippen LogP contribution in [0.3, 0.4) is 0 Å². The number of rotatable bonds is 7. The Kier molecular flexibility index (Phi) is 8.00. The maximum Gasteiger partial charge on any atom is 0.255 e. The molecule has 40 heavy (non-hydrogen) atoms. The molecule has 1 aromatic heterocycles. The number of carbonyl (C=O) groups is 2. The van der Waals surface area contributed by atoms with E-state index in [1.54, 1.807) is 24.1 Å². The van der Waals surface area contributed by atoms with Crippen LogP contribution in [0.2, 0.25) is 0 Å². The highest BCUT2D eigenvalue weighted by atomic mass is 19.1. The molecule has 5 rings (SSSR count). The van der Waals surface area contributed by atoms with Crippen LogP contribution in [-0.2, 0) is 4.74 Å². The quantitative estimate of drug-likeness (QED) is 0.339. The van der Waals surface area contributed by atoms with Crippen molar-refractivity contribution in [3.63, 3.8) is 0 Å². The third-order valence-electron chi connectivity index (χ3n) is 7.65. The highest BCUT2D eigenvalue weighted by Gasteiger charge is 2.24. The number of nitrogens with one attached hydrogen (secondary N) is 1. The Balaban J connectivity index is 1.49. The van der Waals surface area contributed by atoms with Gasteiger partial charge < -0.3 is 19.4 Å². The van der Waals surface area contributed by atoms with E-state index in [0.29, 0.717) is 33.4 Å². The molecule has 3 aromatic carbocycles. The second-order valence-electron chi connectivity index (χ2n) is 10.3. The smallest absolute Gasteiger partial charge is 0.255 e. The number of ether oxygens (including phenoxy) is 1. The number of fused-ring (bicyclic) bond motifs is 1. The van der Waals surface area contributed by atoms with E-state index in [2.05, 4.69) is 17.1 Å². The van der Waals surface area contributed by atoms with Gasteiger partial charge in [0.2, 0.25) is 0 Å². The average Bonchev–Trinajstić information content (AvgIpc) is 3.36. The van der Waals surface area contributed by atoms with Crippen LogP contribution in [0.25, 0.3) is 33.4 Å². The fourth-order valence-electron chi connectivity index (χ4n) is 5.17. The molecule has 4 aromatic rings. The molecule has 1 atom stereocenters. The minimum atomic E-state index is -0.366. The van der Waals surface area contributed by atoms with Crippen LogP contribution in [0.5, 0.6) is 0 Å². The third-order valence-corrected chi connectivity index (χ3v) is 7.65. The van der Waals surface area contributed by atoms with E-state index in [0.717, 1.165) is 49.5 Å². The lowest BCUT2D eigenvalue weighted by molar-refractivity contribution is 0.0261. The first-order valence-electron chi connectivity index (χ1n) is 13.5. The molecule has 8 heteroatoms. The van der Waals surface area contributed by atoms with Crippen LogP contribution in [-0.4, -0.2) is 74.6 Å². The number of amides is 2. The first kappa shape index (κ1) is 27.6. The Bertz CT molecular complexity index is 1540. The van der Waals surface area contributed by atoms with Crippen molar-refractivity contribution < 1.29 is 23.1 Å². The summed E-state index contributed by atoms with van der Waals surface area (Å²) in [5, 5.41) is 3.34. The lowest BCUT2D eigenvalue weighted by Gasteiger charge is -2.33. The van der Waals surface area contributed by atoms with Crippen LogP contribution in [0, 0.1) is 12.7 Å². The summed E-state index contributed by atoms with van der Waals surface area (Å²) in [6.45, 7) is 8.04. The van der Waals surface area contributed by atoms with Gasteiger partial charge >= 0.3 is 0 Å². The summed E-state index contributed by atoms with van der Waals surface area (Å²) >= 11 is 0. The molecule has 0 radical (unpaired) electrons. The molecule has 1 aliphatic rings. The molecule has 0 aliphatic carbocycles. The molecule has 1 aliphatic heterocycles. The molecule has 0 spiro atoms. The number of nitrogens with zero attached hydrogens (tertiary/aromatic N) is 2. The summed E-state index contributed by atoms with van der Waals surface area (Å²) in [5.74, 6) is -0.333. The zero-order valence-corrected chi connectivity index (χ0v) is 23.3. The molecule has 1 fully saturated rings. The number of likely N-dealkylation sites (N-methyl/N-ethyl adjacent to an activating group) is 1. The lowest BCUT2D eigenvalue weighted by atomic mass is 9.95. The molecule has 7 nitrogen and oxygen atoms in total. The highest BCUT2D eigenvalue weighted by molar-refractivity contribution is 6.12. The van der Waals surface area contributed by atoms with Gasteiger partial charge in [0.1, 0.15) is 17.2 Å². The Morgan fingerprint density at radius 1 is 1.02 bits per heavy atom. The standard InChI is InChI=1S/C32H34FN3O4/c1-20-5-6-24(32(38)35(4)21(2)19-36-13-15-39-16-14-36)18-26(20)23-9-12-28-27(17-23)29(31(37)34-3)30(40-28)22-7-10-25(33)11-8-22/h5-12,17-18,21H,13-16,19H2,1-4H3,(H,34,37). The van der Waals surface area contributed by atoms with Crippen LogP contribution >= 0.6 is 0 Å². The topological polar surface area (TPSA) is 75.0 Å². The minimum absolute atomic E-state index is 0.0395. The minimum Gasteiger partial charge on any atom is -0.455 e. The number of morpholine rings is 1. The van der Waals surface area contributed by atoms with Crippen LogP contribution in [0.1, 0.15) is 33.2 Å². The fourth-order valence-corrected chi connectivity index (χ4v) is 5.17. The summed E-state index contributed by atoms with van der Waals surface area (Å²) in [6.07, 6.45) is 0. The van der Waals surface area contributed by atoms with Gasteiger partial charge in [-0.25, -0.2) is 4.39 Å². The van der Waals surface area contributed by atoms with Crippen molar-refractivity contribution in [3.8, 4) is 22.5 Å². The molecule has 1 N–H and O–H groups in total. The van der Waals surface area contributed by atoms with Gasteiger partial charge in [0.25, 0.3) is 11.8 Å². The van der Waals surface area contributed by atoms with Gasteiger partial charge in [0.05, 0.1) is 18.8 Å². The summed E-state index contributed by atoms with van der Waals surface area (Å²) in [5.41, 5.74) is 4.90. The van der Waals surface area contributed by atoms with Crippen molar-refractivity contribution in [3.05, 3.63) is 83.2 Å². The monoisotopic (exact) mass is 543 g/mol. The number of furan rings is 1. The van der Waals surface area contributed by atoms with E-state index in [9.17, 15) is 14.0 Å². The number of hydrogen-bond acceptors (Lipinski definition) is 5. The number of halogens is 1. The number of hydrogen-bond donors (Lipinski definition) is 1. The molecule has 2 amide bonds. The molecular weight excluding hydrogens is 509 g/mol. The van der Waals surface area contributed by atoms with E-state index in [4.69, 9.17) is 9.15 Å². The van der Waals surface area contributed by atoms with Gasteiger partial charge in [-0.3, -0.25) is 14.5 Å². The molecular formula is C32H34FN3O4. The summed E-state index contributed by atoms with van der Waals surface area (Å²) < 4.78 is 25.1. The lowest BCUT2D eigenvalue weighted by Crippen LogP contribution is -2.46. The van der Waals surface area contributed by atoms with Crippen molar-refractivity contribution >= 4 is 22.8 Å². The molecule has 0 saturated carbocycles. The van der Waals surface area contributed by atoms with Gasteiger partial charge in [-0.2, -0.15) is 0 Å². The van der Waals surface area contributed by atoms with Crippen LogP contribution in [0.4, 0.5) is 4.39 Å². The molecule has 208 valence electrons. The number of benzene rings is 3. The first-order valence-corrected chi connectivity index (χ1v) is 13.5.